The van der Waals surface area contributed by atoms with E-state index in [1.54, 1.807) is 11.3 Å². The highest BCUT2D eigenvalue weighted by atomic mass is 79.9. The molecule has 2 heterocycles. The molecular formula is C16H16BrF3N2O3S2. The smallest absolute Gasteiger partial charge is 0.404 e. The number of nitrogens with zero attached hydrogens (tertiary/aromatic N) is 2. The molecule has 1 saturated heterocycles. The van der Waals surface area contributed by atoms with Crippen molar-refractivity contribution in [1.29, 1.82) is 0 Å². The van der Waals surface area contributed by atoms with Crippen LogP contribution in [0.3, 0.4) is 0 Å². The number of rotatable bonds is 5. The molecule has 11 heteroatoms. The molecule has 1 aromatic carbocycles. The van der Waals surface area contributed by atoms with E-state index in [1.807, 2.05) is 12.1 Å². The number of sulfonamides is 1. The van der Waals surface area contributed by atoms with Gasteiger partial charge in [0, 0.05) is 37.6 Å². The minimum absolute atomic E-state index is 0.204. The number of hydrogen-bond donors (Lipinski definition) is 0. The van der Waals surface area contributed by atoms with Crippen molar-refractivity contribution in [2.75, 3.05) is 26.2 Å². The van der Waals surface area contributed by atoms with Gasteiger partial charge in [0.25, 0.3) is 0 Å². The Bertz CT molecular complexity index is 894. The number of thiophene rings is 1. The minimum atomic E-state index is -4.96. The second kappa shape index (κ2) is 8.08. The summed E-state index contributed by atoms with van der Waals surface area (Å²) in [6.45, 7) is 2.11. The minimum Gasteiger partial charge on any atom is -0.404 e. The summed E-state index contributed by atoms with van der Waals surface area (Å²) in [5, 5.41) is 0. The van der Waals surface area contributed by atoms with Crippen molar-refractivity contribution in [2.45, 2.75) is 17.8 Å². The quantitative estimate of drug-likeness (QED) is 0.645. The topological polar surface area (TPSA) is 49.9 Å². The molecule has 2 aromatic rings. The number of ether oxygens (including phenoxy) is 1. The number of hydrogen-bond acceptors (Lipinski definition) is 5. The third-order valence-corrected chi connectivity index (χ3v) is 7.58. The van der Waals surface area contributed by atoms with Crippen LogP contribution in [0.4, 0.5) is 13.2 Å². The number of alkyl halides is 3. The van der Waals surface area contributed by atoms with Crippen LogP contribution in [-0.2, 0) is 16.6 Å². The van der Waals surface area contributed by atoms with E-state index in [0.29, 0.717) is 19.6 Å². The van der Waals surface area contributed by atoms with Crippen LogP contribution in [0.25, 0.3) is 0 Å². The summed E-state index contributed by atoms with van der Waals surface area (Å²) in [4.78, 5) is 2.79. The van der Waals surface area contributed by atoms with Gasteiger partial charge in [0.15, 0.2) is 0 Å². The monoisotopic (exact) mass is 484 g/mol. The molecule has 1 aliphatic rings. The predicted molar refractivity (Wildman–Crippen MR) is 99.2 cm³/mol. The van der Waals surface area contributed by atoms with Crippen LogP contribution in [0.5, 0.6) is 5.75 Å². The first-order chi connectivity index (χ1) is 12.6. The second-order valence-electron chi connectivity index (χ2n) is 5.88. The summed E-state index contributed by atoms with van der Waals surface area (Å²) in [5.74, 6) is -0.712. The van der Waals surface area contributed by atoms with Crippen molar-refractivity contribution in [3.8, 4) is 5.75 Å². The zero-order valence-corrected chi connectivity index (χ0v) is 17.2. The molecule has 27 heavy (non-hydrogen) atoms. The number of halogens is 4. The molecule has 0 bridgehead atoms. The molecule has 0 atom stereocenters. The molecule has 0 radical (unpaired) electrons. The van der Waals surface area contributed by atoms with Gasteiger partial charge in [-0.3, -0.25) is 4.90 Å². The van der Waals surface area contributed by atoms with Crippen molar-refractivity contribution in [3.05, 3.63) is 45.1 Å². The molecule has 1 aromatic heterocycles. The standard InChI is InChI=1S/C16H16BrF3N2O3S2/c17-15-6-5-12(26-15)11-21-7-9-22(10-8-21)27(23,24)14-4-2-1-3-13(14)25-16(18,19)20/h1-6H,7-11H2. The van der Waals surface area contributed by atoms with Gasteiger partial charge in [0.2, 0.25) is 10.0 Å². The molecular weight excluding hydrogens is 469 g/mol. The average molecular weight is 485 g/mol. The highest BCUT2D eigenvalue weighted by Crippen LogP contribution is 2.32. The Morgan fingerprint density at radius 3 is 2.33 bits per heavy atom. The first-order valence-electron chi connectivity index (χ1n) is 7.97. The van der Waals surface area contributed by atoms with E-state index in [1.165, 1.54) is 16.4 Å². The maximum Gasteiger partial charge on any atom is 0.573 e. The summed E-state index contributed by atoms with van der Waals surface area (Å²) in [6, 6.07) is 8.77. The molecule has 0 N–H and O–H groups in total. The van der Waals surface area contributed by atoms with Crippen molar-refractivity contribution in [2.24, 2.45) is 0 Å². The predicted octanol–water partition coefficient (Wildman–Crippen LogP) is 3.92. The Labute approximate surface area is 167 Å². The Hall–Kier alpha value is -1.14. The lowest BCUT2D eigenvalue weighted by molar-refractivity contribution is -0.275. The second-order valence-corrected chi connectivity index (χ2v) is 10.3. The van der Waals surface area contributed by atoms with Gasteiger partial charge in [-0.1, -0.05) is 12.1 Å². The molecule has 1 aliphatic heterocycles. The summed E-state index contributed by atoms with van der Waals surface area (Å²) < 4.78 is 69.5. The number of piperazine rings is 1. The van der Waals surface area contributed by atoms with E-state index in [9.17, 15) is 21.6 Å². The van der Waals surface area contributed by atoms with E-state index in [2.05, 4.69) is 25.6 Å². The van der Waals surface area contributed by atoms with E-state index < -0.39 is 27.0 Å². The fourth-order valence-electron chi connectivity index (χ4n) is 2.80. The van der Waals surface area contributed by atoms with Gasteiger partial charge in [-0.15, -0.1) is 24.5 Å². The van der Waals surface area contributed by atoms with Gasteiger partial charge in [-0.25, -0.2) is 8.42 Å². The zero-order valence-electron chi connectivity index (χ0n) is 13.9. The van der Waals surface area contributed by atoms with Crippen LogP contribution >= 0.6 is 27.3 Å². The molecule has 0 unspecified atom stereocenters. The molecule has 3 rings (SSSR count). The zero-order chi connectivity index (χ0) is 19.7. The fourth-order valence-corrected chi connectivity index (χ4v) is 5.86. The van der Waals surface area contributed by atoms with Gasteiger partial charge in [0.05, 0.1) is 3.79 Å². The van der Waals surface area contributed by atoms with Crippen LogP contribution in [0.15, 0.2) is 45.1 Å². The van der Waals surface area contributed by atoms with Crippen LogP contribution in [0.2, 0.25) is 0 Å². The maximum atomic E-state index is 12.8. The van der Waals surface area contributed by atoms with E-state index in [-0.39, 0.29) is 13.1 Å². The highest BCUT2D eigenvalue weighted by Gasteiger charge is 2.36. The van der Waals surface area contributed by atoms with Gasteiger partial charge >= 0.3 is 6.36 Å². The summed E-state index contributed by atoms with van der Waals surface area (Å²) in [6.07, 6.45) is -4.96. The molecule has 148 valence electrons. The van der Waals surface area contributed by atoms with Crippen molar-refractivity contribution in [3.63, 3.8) is 0 Å². The van der Waals surface area contributed by atoms with Crippen LogP contribution in [-0.4, -0.2) is 50.2 Å². The van der Waals surface area contributed by atoms with Crippen molar-refractivity contribution < 1.29 is 26.3 Å². The molecule has 5 nitrogen and oxygen atoms in total. The third-order valence-electron chi connectivity index (χ3n) is 4.03. The lowest BCUT2D eigenvalue weighted by Gasteiger charge is -2.34. The highest BCUT2D eigenvalue weighted by molar-refractivity contribution is 9.11. The number of para-hydroxylation sites is 1. The normalized spacial score (nSPS) is 17.2. The molecule has 0 aliphatic carbocycles. The first kappa shape index (κ1) is 20.6. The van der Waals surface area contributed by atoms with E-state index in [4.69, 9.17) is 0 Å². The van der Waals surface area contributed by atoms with E-state index in [0.717, 1.165) is 20.8 Å². The van der Waals surface area contributed by atoms with Gasteiger partial charge in [-0.2, -0.15) is 4.31 Å². The first-order valence-corrected chi connectivity index (χ1v) is 11.0. The van der Waals surface area contributed by atoms with Crippen molar-refractivity contribution >= 4 is 37.3 Å². The maximum absolute atomic E-state index is 12.8. The largest absolute Gasteiger partial charge is 0.573 e. The van der Waals surface area contributed by atoms with Gasteiger partial charge in [-0.05, 0) is 40.2 Å². The van der Waals surface area contributed by atoms with Crippen molar-refractivity contribution in [1.82, 2.24) is 9.21 Å². The molecule has 1 fully saturated rings. The Morgan fingerprint density at radius 1 is 1.07 bits per heavy atom. The molecule has 0 saturated carbocycles. The SMILES string of the molecule is O=S(=O)(c1ccccc1OC(F)(F)F)N1CCN(Cc2ccc(Br)s2)CC1. The average Bonchev–Trinajstić information content (AvgIpc) is 2.99. The van der Waals surface area contributed by atoms with Gasteiger partial charge in [0.1, 0.15) is 10.6 Å². The Kier molecular flexibility index (Phi) is 6.16. The summed E-state index contributed by atoms with van der Waals surface area (Å²) >= 11 is 5.02. The number of benzene rings is 1. The lowest BCUT2D eigenvalue weighted by atomic mass is 10.3. The van der Waals surface area contributed by atoms with E-state index >= 15 is 0 Å². The summed E-state index contributed by atoms with van der Waals surface area (Å²) in [5.41, 5.74) is 0. The van der Waals surface area contributed by atoms with Gasteiger partial charge < -0.3 is 4.74 Å². The van der Waals surface area contributed by atoms with Crippen LogP contribution in [0, 0.1) is 0 Å². The molecule has 0 spiro atoms. The lowest BCUT2D eigenvalue weighted by Crippen LogP contribution is -2.48. The van der Waals surface area contributed by atoms with Crippen LogP contribution in [0.1, 0.15) is 4.88 Å². The Balaban J connectivity index is 1.70. The van der Waals surface area contributed by atoms with Crippen LogP contribution < -0.4 is 4.74 Å². The summed E-state index contributed by atoms with van der Waals surface area (Å²) in [7, 11) is -4.08. The Morgan fingerprint density at radius 2 is 1.74 bits per heavy atom. The fraction of sp³-hybridized carbons (Fsp3) is 0.375. The molecule has 0 amide bonds. The third kappa shape index (κ3) is 5.23.